The molecule has 1 rings (SSSR count). The van der Waals surface area contributed by atoms with Gasteiger partial charge in [0.15, 0.2) is 0 Å². The molecule has 0 saturated heterocycles. The molecule has 1 aromatic carbocycles. The van der Waals surface area contributed by atoms with Gasteiger partial charge in [-0.15, -0.1) is 0 Å². The Labute approximate surface area is 101 Å². The predicted molar refractivity (Wildman–Crippen MR) is 66.7 cm³/mol. The lowest BCUT2D eigenvalue weighted by Crippen LogP contribution is -2.28. The van der Waals surface area contributed by atoms with E-state index in [1.54, 1.807) is 45.2 Å². The fourth-order valence-electron chi connectivity index (χ4n) is 1.60. The summed E-state index contributed by atoms with van der Waals surface area (Å²) in [5, 5.41) is 19.5. The van der Waals surface area contributed by atoms with E-state index in [4.69, 9.17) is 0 Å². The maximum absolute atomic E-state index is 10.8. The van der Waals surface area contributed by atoms with Crippen LogP contribution >= 0.6 is 0 Å². The summed E-state index contributed by atoms with van der Waals surface area (Å²) < 4.78 is 0. The molecule has 0 aromatic heterocycles. The number of aliphatic hydroxyl groups is 2. The fraction of sp³-hybridized carbons (Fsp3) is 0.462. The minimum absolute atomic E-state index is 0.132. The van der Waals surface area contributed by atoms with Crippen molar-refractivity contribution in [1.82, 2.24) is 0 Å². The standard InChI is InChI=1S/C13H19NO3/c1-13(2,8-15)12(17)10-6-4-5-7-11(10)14(3)9-16/h4-7,9,12,15,17H,8H2,1-3H3. The summed E-state index contributed by atoms with van der Waals surface area (Å²) in [6.45, 7) is 3.41. The normalized spacial score (nSPS) is 13.2. The highest BCUT2D eigenvalue weighted by Crippen LogP contribution is 2.37. The van der Waals surface area contributed by atoms with Crippen LogP contribution in [0.15, 0.2) is 24.3 Å². The lowest BCUT2D eigenvalue weighted by molar-refractivity contribution is -0.107. The summed E-state index contributed by atoms with van der Waals surface area (Å²) in [5.41, 5.74) is 0.637. The second-order valence-electron chi connectivity index (χ2n) is 4.82. The van der Waals surface area contributed by atoms with Crippen molar-refractivity contribution in [2.24, 2.45) is 5.41 Å². The molecule has 1 atom stereocenters. The molecule has 1 amide bonds. The van der Waals surface area contributed by atoms with E-state index in [9.17, 15) is 15.0 Å². The molecule has 2 N–H and O–H groups in total. The number of carbonyl (C=O) groups excluding carboxylic acids is 1. The molecule has 4 heteroatoms. The number of carbonyl (C=O) groups is 1. The highest BCUT2D eigenvalue weighted by atomic mass is 16.3. The number of rotatable bonds is 5. The molecule has 0 fully saturated rings. The van der Waals surface area contributed by atoms with Gasteiger partial charge in [-0.3, -0.25) is 4.79 Å². The zero-order chi connectivity index (χ0) is 13.1. The van der Waals surface area contributed by atoms with Crippen molar-refractivity contribution in [3.05, 3.63) is 29.8 Å². The van der Waals surface area contributed by atoms with Crippen molar-refractivity contribution in [3.8, 4) is 0 Å². The summed E-state index contributed by atoms with van der Waals surface area (Å²) in [7, 11) is 1.63. The number of hydrogen-bond acceptors (Lipinski definition) is 3. The van der Waals surface area contributed by atoms with Crippen LogP contribution in [0.25, 0.3) is 0 Å². The Balaban J connectivity index is 3.17. The van der Waals surface area contributed by atoms with E-state index in [1.165, 1.54) is 4.90 Å². The van der Waals surface area contributed by atoms with Crippen molar-refractivity contribution in [2.45, 2.75) is 20.0 Å². The molecule has 0 aliphatic carbocycles. The minimum Gasteiger partial charge on any atom is -0.396 e. The third kappa shape index (κ3) is 2.84. The second-order valence-corrected chi connectivity index (χ2v) is 4.82. The molecule has 94 valence electrons. The topological polar surface area (TPSA) is 60.8 Å². The first-order valence-electron chi connectivity index (χ1n) is 5.50. The number of anilines is 1. The lowest BCUT2D eigenvalue weighted by Gasteiger charge is -2.31. The van der Waals surface area contributed by atoms with Crippen LogP contribution in [0.3, 0.4) is 0 Å². The highest BCUT2D eigenvalue weighted by Gasteiger charge is 2.30. The third-order valence-electron chi connectivity index (χ3n) is 2.92. The van der Waals surface area contributed by atoms with Gasteiger partial charge in [0.2, 0.25) is 6.41 Å². The van der Waals surface area contributed by atoms with Gasteiger partial charge in [0.25, 0.3) is 0 Å². The molecule has 17 heavy (non-hydrogen) atoms. The minimum atomic E-state index is -0.828. The lowest BCUT2D eigenvalue weighted by atomic mass is 9.83. The van der Waals surface area contributed by atoms with Crippen LogP contribution in [0.4, 0.5) is 5.69 Å². The molecule has 4 nitrogen and oxygen atoms in total. The van der Waals surface area contributed by atoms with Crippen molar-refractivity contribution in [3.63, 3.8) is 0 Å². The van der Waals surface area contributed by atoms with E-state index in [-0.39, 0.29) is 6.61 Å². The monoisotopic (exact) mass is 237 g/mol. The van der Waals surface area contributed by atoms with E-state index in [2.05, 4.69) is 0 Å². The van der Waals surface area contributed by atoms with Gasteiger partial charge >= 0.3 is 0 Å². The Morgan fingerprint density at radius 2 is 2.00 bits per heavy atom. The number of aliphatic hydroxyl groups excluding tert-OH is 2. The molecule has 0 aliphatic rings. The summed E-state index contributed by atoms with van der Waals surface area (Å²) in [6.07, 6.45) is -0.136. The molecule has 0 saturated carbocycles. The molecule has 1 unspecified atom stereocenters. The second kappa shape index (κ2) is 5.29. The van der Waals surface area contributed by atoms with Crippen LogP contribution in [0.1, 0.15) is 25.5 Å². The summed E-state index contributed by atoms with van der Waals surface area (Å²) >= 11 is 0. The summed E-state index contributed by atoms with van der Waals surface area (Å²) in [4.78, 5) is 12.2. The Bertz CT molecular complexity index is 390. The number of hydrogen-bond donors (Lipinski definition) is 2. The molecule has 0 aliphatic heterocycles. The smallest absolute Gasteiger partial charge is 0.213 e. The van der Waals surface area contributed by atoms with Crippen molar-refractivity contribution < 1.29 is 15.0 Å². The Kier molecular flexibility index (Phi) is 4.26. The van der Waals surface area contributed by atoms with Gasteiger partial charge in [0.1, 0.15) is 0 Å². The molecule has 0 spiro atoms. The van der Waals surface area contributed by atoms with Gasteiger partial charge in [-0.1, -0.05) is 32.0 Å². The van der Waals surface area contributed by atoms with Gasteiger partial charge in [-0.2, -0.15) is 0 Å². The number of nitrogens with zero attached hydrogens (tertiary/aromatic N) is 1. The Morgan fingerprint density at radius 1 is 1.41 bits per heavy atom. The first-order chi connectivity index (χ1) is 7.94. The zero-order valence-corrected chi connectivity index (χ0v) is 10.4. The largest absolute Gasteiger partial charge is 0.396 e. The van der Waals surface area contributed by atoms with Crippen LogP contribution in [-0.4, -0.2) is 30.3 Å². The third-order valence-corrected chi connectivity index (χ3v) is 2.92. The predicted octanol–water partition coefficient (Wildman–Crippen LogP) is 1.33. The van der Waals surface area contributed by atoms with E-state index < -0.39 is 11.5 Å². The maximum atomic E-state index is 10.8. The fourth-order valence-corrected chi connectivity index (χ4v) is 1.60. The van der Waals surface area contributed by atoms with Crippen LogP contribution in [0.2, 0.25) is 0 Å². The van der Waals surface area contributed by atoms with Gasteiger partial charge in [0, 0.05) is 23.7 Å². The van der Waals surface area contributed by atoms with Gasteiger partial charge in [0.05, 0.1) is 12.7 Å². The van der Waals surface area contributed by atoms with Crippen LogP contribution in [0, 0.1) is 5.41 Å². The van der Waals surface area contributed by atoms with E-state index >= 15 is 0 Å². The van der Waals surface area contributed by atoms with Crippen molar-refractivity contribution in [2.75, 3.05) is 18.6 Å². The molecule has 0 radical (unpaired) electrons. The summed E-state index contributed by atoms with van der Waals surface area (Å²) in [5.74, 6) is 0. The number of benzene rings is 1. The quantitative estimate of drug-likeness (QED) is 0.759. The first-order valence-corrected chi connectivity index (χ1v) is 5.50. The van der Waals surface area contributed by atoms with Crippen LogP contribution in [0.5, 0.6) is 0 Å². The molecular formula is C13H19NO3. The Morgan fingerprint density at radius 3 is 2.53 bits per heavy atom. The van der Waals surface area contributed by atoms with Gasteiger partial charge < -0.3 is 15.1 Å². The molecular weight excluding hydrogens is 218 g/mol. The van der Waals surface area contributed by atoms with Gasteiger partial charge in [-0.05, 0) is 6.07 Å². The average molecular weight is 237 g/mol. The summed E-state index contributed by atoms with van der Waals surface area (Å²) in [6, 6.07) is 7.13. The Hall–Kier alpha value is -1.39. The van der Waals surface area contributed by atoms with Crippen LogP contribution in [-0.2, 0) is 4.79 Å². The molecule has 1 aromatic rings. The van der Waals surface area contributed by atoms with E-state index in [1.807, 2.05) is 0 Å². The van der Waals surface area contributed by atoms with Gasteiger partial charge in [-0.25, -0.2) is 0 Å². The number of para-hydroxylation sites is 1. The highest BCUT2D eigenvalue weighted by molar-refractivity contribution is 5.76. The van der Waals surface area contributed by atoms with Crippen molar-refractivity contribution >= 4 is 12.1 Å². The SMILES string of the molecule is CN(C=O)c1ccccc1C(O)C(C)(C)CO. The molecule has 0 bridgehead atoms. The number of amides is 1. The van der Waals surface area contributed by atoms with Crippen molar-refractivity contribution in [1.29, 1.82) is 0 Å². The van der Waals surface area contributed by atoms with E-state index in [0.717, 1.165) is 0 Å². The van der Waals surface area contributed by atoms with E-state index in [0.29, 0.717) is 17.7 Å². The maximum Gasteiger partial charge on any atom is 0.213 e. The van der Waals surface area contributed by atoms with Crippen LogP contribution < -0.4 is 4.90 Å². The first kappa shape index (κ1) is 13.7. The molecule has 0 heterocycles. The zero-order valence-electron chi connectivity index (χ0n) is 10.4. The average Bonchev–Trinajstić information content (AvgIpc) is 2.36.